The van der Waals surface area contributed by atoms with Crippen molar-refractivity contribution < 1.29 is 19.8 Å². The number of carboxylic acids is 1. The number of carbonyl (C=O) groups is 2. The smallest absolute Gasteiger partial charge is 0.354 e. The minimum Gasteiger partial charge on any atom is -0.508 e. The molecule has 1 aromatic carbocycles. The molecule has 0 aliphatic heterocycles. The summed E-state index contributed by atoms with van der Waals surface area (Å²) in [5, 5.41) is 18.3. The van der Waals surface area contributed by atoms with Gasteiger partial charge in [-0.1, -0.05) is 6.07 Å². The standard InChI is InChI=1S/C12H11N3O4/c1-15(7-3-2-4-8(16)5-7)11(17)9-10(12(18)19)14-6-13-9/h2-6,16H,1H3,(H,13,14)(H,18,19). The lowest BCUT2D eigenvalue weighted by atomic mass is 10.2. The van der Waals surface area contributed by atoms with E-state index in [1.165, 1.54) is 24.1 Å². The number of hydrogen-bond donors (Lipinski definition) is 3. The number of aromatic carboxylic acids is 1. The Balaban J connectivity index is 2.34. The first-order chi connectivity index (χ1) is 9.00. The molecule has 0 unspecified atom stereocenters. The molecule has 0 spiro atoms. The van der Waals surface area contributed by atoms with Gasteiger partial charge in [0.05, 0.1) is 6.33 Å². The Morgan fingerprint density at radius 3 is 2.74 bits per heavy atom. The van der Waals surface area contributed by atoms with Crippen LogP contribution in [0.4, 0.5) is 5.69 Å². The largest absolute Gasteiger partial charge is 0.508 e. The van der Waals surface area contributed by atoms with Crippen LogP contribution in [0.5, 0.6) is 5.75 Å². The molecular weight excluding hydrogens is 250 g/mol. The number of aromatic hydroxyl groups is 1. The number of anilines is 1. The highest BCUT2D eigenvalue weighted by molar-refractivity contribution is 6.09. The average molecular weight is 261 g/mol. The molecule has 1 heterocycles. The number of amides is 1. The van der Waals surface area contributed by atoms with Gasteiger partial charge in [-0.05, 0) is 12.1 Å². The van der Waals surface area contributed by atoms with Crippen LogP contribution in [0.2, 0.25) is 0 Å². The minimum atomic E-state index is -1.26. The molecule has 0 radical (unpaired) electrons. The maximum atomic E-state index is 12.1. The number of carbonyl (C=O) groups excluding carboxylic acids is 1. The lowest BCUT2D eigenvalue weighted by Crippen LogP contribution is -2.28. The fourth-order valence-corrected chi connectivity index (χ4v) is 1.60. The number of aromatic nitrogens is 2. The maximum absolute atomic E-state index is 12.1. The molecule has 0 atom stereocenters. The van der Waals surface area contributed by atoms with E-state index in [1.807, 2.05) is 0 Å². The number of benzene rings is 1. The summed E-state index contributed by atoms with van der Waals surface area (Å²) < 4.78 is 0. The van der Waals surface area contributed by atoms with Crippen LogP contribution >= 0.6 is 0 Å². The quantitative estimate of drug-likeness (QED) is 0.766. The first kappa shape index (κ1) is 12.6. The van der Waals surface area contributed by atoms with Crippen LogP contribution in [0.1, 0.15) is 21.0 Å². The van der Waals surface area contributed by atoms with Crippen molar-refractivity contribution in [2.75, 3.05) is 11.9 Å². The van der Waals surface area contributed by atoms with Gasteiger partial charge in [-0.25, -0.2) is 9.78 Å². The van der Waals surface area contributed by atoms with Crippen LogP contribution in [-0.4, -0.2) is 39.1 Å². The summed E-state index contributed by atoms with van der Waals surface area (Å²) in [6.45, 7) is 0. The Morgan fingerprint density at radius 2 is 2.11 bits per heavy atom. The predicted octanol–water partition coefficient (Wildman–Crippen LogP) is 1.09. The number of imidazole rings is 1. The Bertz CT molecular complexity index is 635. The summed E-state index contributed by atoms with van der Waals surface area (Å²) >= 11 is 0. The van der Waals surface area contributed by atoms with Crippen molar-refractivity contribution in [2.24, 2.45) is 0 Å². The number of hydrogen-bond acceptors (Lipinski definition) is 4. The summed E-state index contributed by atoms with van der Waals surface area (Å²) in [5.74, 6) is -1.83. The zero-order valence-electron chi connectivity index (χ0n) is 9.99. The summed E-state index contributed by atoms with van der Waals surface area (Å²) in [7, 11) is 1.47. The van der Waals surface area contributed by atoms with Crippen molar-refractivity contribution >= 4 is 17.6 Å². The molecule has 0 saturated heterocycles. The monoisotopic (exact) mass is 261 g/mol. The Labute approximate surface area is 108 Å². The highest BCUT2D eigenvalue weighted by Gasteiger charge is 2.23. The van der Waals surface area contributed by atoms with Crippen LogP contribution < -0.4 is 4.90 Å². The Kier molecular flexibility index (Phi) is 3.19. The molecule has 0 bridgehead atoms. The van der Waals surface area contributed by atoms with Crippen molar-refractivity contribution in [1.29, 1.82) is 0 Å². The van der Waals surface area contributed by atoms with Crippen molar-refractivity contribution in [1.82, 2.24) is 9.97 Å². The first-order valence-electron chi connectivity index (χ1n) is 5.34. The second-order valence-corrected chi connectivity index (χ2v) is 3.82. The van der Waals surface area contributed by atoms with Gasteiger partial charge in [-0.3, -0.25) is 4.79 Å². The molecule has 1 aromatic heterocycles. The molecule has 2 rings (SSSR count). The minimum absolute atomic E-state index is 0.0117. The Hall–Kier alpha value is -2.83. The number of phenols is 1. The van der Waals surface area contributed by atoms with Gasteiger partial charge in [0.2, 0.25) is 0 Å². The number of H-pyrrole nitrogens is 1. The van der Waals surface area contributed by atoms with Gasteiger partial charge in [-0.2, -0.15) is 0 Å². The second kappa shape index (κ2) is 4.81. The van der Waals surface area contributed by atoms with E-state index in [0.717, 1.165) is 6.33 Å². The van der Waals surface area contributed by atoms with Crippen LogP contribution in [-0.2, 0) is 0 Å². The van der Waals surface area contributed by atoms with Crippen LogP contribution in [0.3, 0.4) is 0 Å². The lowest BCUT2D eigenvalue weighted by Gasteiger charge is -2.16. The third kappa shape index (κ3) is 2.39. The lowest BCUT2D eigenvalue weighted by molar-refractivity contribution is 0.0686. The zero-order chi connectivity index (χ0) is 14.0. The van der Waals surface area contributed by atoms with E-state index in [4.69, 9.17) is 5.11 Å². The molecular formula is C12H11N3O4. The average Bonchev–Trinajstić information content (AvgIpc) is 2.86. The van der Waals surface area contributed by atoms with Gasteiger partial charge in [0.1, 0.15) is 5.75 Å². The summed E-state index contributed by atoms with van der Waals surface area (Å²) in [6, 6.07) is 6.06. The molecule has 7 heteroatoms. The van der Waals surface area contributed by atoms with Crippen LogP contribution in [0.15, 0.2) is 30.6 Å². The summed E-state index contributed by atoms with van der Waals surface area (Å²) in [5.41, 5.74) is -0.0142. The van der Waals surface area contributed by atoms with Crippen molar-refractivity contribution in [3.05, 3.63) is 42.0 Å². The van der Waals surface area contributed by atoms with Crippen LogP contribution in [0, 0.1) is 0 Å². The molecule has 7 nitrogen and oxygen atoms in total. The molecule has 1 amide bonds. The van der Waals surface area contributed by atoms with Gasteiger partial charge >= 0.3 is 5.97 Å². The first-order valence-corrected chi connectivity index (χ1v) is 5.34. The summed E-state index contributed by atoms with van der Waals surface area (Å²) in [4.78, 5) is 30.4. The van der Waals surface area contributed by atoms with E-state index in [0.29, 0.717) is 5.69 Å². The highest BCUT2D eigenvalue weighted by atomic mass is 16.4. The van der Waals surface area contributed by atoms with Crippen molar-refractivity contribution in [3.63, 3.8) is 0 Å². The second-order valence-electron chi connectivity index (χ2n) is 3.82. The van der Waals surface area contributed by atoms with E-state index in [2.05, 4.69) is 9.97 Å². The van der Waals surface area contributed by atoms with E-state index in [-0.39, 0.29) is 17.1 Å². The SMILES string of the molecule is CN(C(=O)c1nc[nH]c1C(=O)O)c1cccc(O)c1. The zero-order valence-corrected chi connectivity index (χ0v) is 9.99. The molecule has 0 aliphatic carbocycles. The number of nitrogens with zero attached hydrogens (tertiary/aromatic N) is 2. The number of phenolic OH excluding ortho intramolecular Hbond substituents is 1. The number of carboxylic acid groups (broad SMARTS) is 1. The van der Waals surface area contributed by atoms with E-state index in [1.54, 1.807) is 12.1 Å². The van der Waals surface area contributed by atoms with Crippen LogP contribution in [0.25, 0.3) is 0 Å². The predicted molar refractivity (Wildman–Crippen MR) is 66.4 cm³/mol. The Morgan fingerprint density at radius 1 is 1.37 bits per heavy atom. The van der Waals surface area contributed by atoms with Crippen molar-refractivity contribution in [3.8, 4) is 5.75 Å². The molecule has 0 fully saturated rings. The molecule has 3 N–H and O–H groups in total. The molecule has 2 aromatic rings. The topological polar surface area (TPSA) is 107 Å². The fourth-order valence-electron chi connectivity index (χ4n) is 1.60. The van der Waals surface area contributed by atoms with E-state index < -0.39 is 11.9 Å². The van der Waals surface area contributed by atoms with Crippen molar-refractivity contribution in [2.45, 2.75) is 0 Å². The van der Waals surface area contributed by atoms with E-state index >= 15 is 0 Å². The number of nitrogens with one attached hydrogen (secondary N) is 1. The molecule has 0 aliphatic rings. The number of rotatable bonds is 3. The molecule has 98 valence electrons. The third-order valence-corrected chi connectivity index (χ3v) is 2.58. The molecule has 0 saturated carbocycles. The van der Waals surface area contributed by atoms with Gasteiger partial charge in [0.15, 0.2) is 11.4 Å². The van der Waals surface area contributed by atoms with Gasteiger partial charge in [0.25, 0.3) is 5.91 Å². The normalized spacial score (nSPS) is 10.2. The van der Waals surface area contributed by atoms with Gasteiger partial charge in [-0.15, -0.1) is 0 Å². The van der Waals surface area contributed by atoms with Gasteiger partial charge in [0, 0.05) is 18.8 Å². The number of aromatic amines is 1. The highest BCUT2D eigenvalue weighted by Crippen LogP contribution is 2.20. The van der Waals surface area contributed by atoms with E-state index in [9.17, 15) is 14.7 Å². The molecule has 19 heavy (non-hydrogen) atoms. The fraction of sp³-hybridized carbons (Fsp3) is 0.0833. The maximum Gasteiger partial charge on any atom is 0.354 e. The van der Waals surface area contributed by atoms with Gasteiger partial charge < -0.3 is 20.1 Å². The third-order valence-electron chi connectivity index (χ3n) is 2.58. The summed E-state index contributed by atoms with van der Waals surface area (Å²) in [6.07, 6.45) is 1.15.